The molecule has 2 nitrogen and oxygen atoms in total. The third kappa shape index (κ3) is 3.72. The molecule has 2 heteroatoms. The quantitative estimate of drug-likeness (QED) is 0.756. The lowest BCUT2D eigenvalue weighted by Crippen LogP contribution is -2.64. The Morgan fingerprint density at radius 3 is 2.42 bits per heavy atom. The number of hydrogen-bond acceptors (Lipinski definition) is 2. The highest BCUT2D eigenvalue weighted by atomic mass is 15.3. The average Bonchev–Trinajstić information content (AvgIpc) is 3.24. The molecule has 0 spiro atoms. The van der Waals surface area contributed by atoms with Gasteiger partial charge < -0.3 is 5.32 Å². The second-order valence-corrected chi connectivity index (χ2v) is 7.13. The molecule has 1 aliphatic heterocycles. The number of nitrogens with one attached hydrogen (secondary N) is 1. The summed E-state index contributed by atoms with van der Waals surface area (Å²) in [5, 5.41) is 3.89. The van der Waals surface area contributed by atoms with Crippen LogP contribution in [0.15, 0.2) is 0 Å². The van der Waals surface area contributed by atoms with E-state index >= 15 is 0 Å². The average molecular weight is 266 g/mol. The predicted molar refractivity (Wildman–Crippen MR) is 83.5 cm³/mol. The van der Waals surface area contributed by atoms with Crippen molar-refractivity contribution >= 4 is 0 Å². The third-order valence-corrected chi connectivity index (χ3v) is 5.54. The monoisotopic (exact) mass is 266 g/mol. The highest BCUT2D eigenvalue weighted by Gasteiger charge is 2.45. The summed E-state index contributed by atoms with van der Waals surface area (Å²) in [4.78, 5) is 2.83. The van der Waals surface area contributed by atoms with Crippen LogP contribution in [0.5, 0.6) is 0 Å². The van der Waals surface area contributed by atoms with Gasteiger partial charge in [-0.05, 0) is 38.0 Å². The minimum absolute atomic E-state index is 0.399. The maximum absolute atomic E-state index is 3.89. The first-order valence-corrected chi connectivity index (χ1v) is 8.62. The zero-order chi connectivity index (χ0) is 13.9. The van der Waals surface area contributed by atoms with Crippen molar-refractivity contribution in [2.24, 2.45) is 11.8 Å². The largest absolute Gasteiger partial charge is 0.308 e. The summed E-state index contributed by atoms with van der Waals surface area (Å²) < 4.78 is 0. The standard InChI is InChI=1S/C17H34N2/c1-5-8-16-11-18-17(4,15-9-10-15)13-19(16)12-14(6-2)7-3/h14-16,18H,5-13H2,1-4H3. The van der Waals surface area contributed by atoms with E-state index in [-0.39, 0.29) is 0 Å². The van der Waals surface area contributed by atoms with E-state index in [1.807, 2.05) is 0 Å². The summed E-state index contributed by atoms with van der Waals surface area (Å²) >= 11 is 0. The molecule has 2 unspecified atom stereocenters. The Morgan fingerprint density at radius 2 is 1.89 bits per heavy atom. The smallest absolute Gasteiger partial charge is 0.0309 e. The molecule has 1 saturated carbocycles. The van der Waals surface area contributed by atoms with Crippen LogP contribution in [0.25, 0.3) is 0 Å². The number of hydrogen-bond donors (Lipinski definition) is 1. The molecular weight excluding hydrogens is 232 g/mol. The van der Waals surface area contributed by atoms with E-state index < -0.39 is 0 Å². The summed E-state index contributed by atoms with van der Waals surface area (Å²) in [6.07, 6.45) is 8.22. The molecule has 2 atom stereocenters. The van der Waals surface area contributed by atoms with Gasteiger partial charge in [-0.15, -0.1) is 0 Å². The molecule has 0 bridgehead atoms. The lowest BCUT2D eigenvalue weighted by atomic mass is 9.88. The van der Waals surface area contributed by atoms with Crippen molar-refractivity contribution < 1.29 is 0 Å². The van der Waals surface area contributed by atoms with E-state index in [9.17, 15) is 0 Å². The molecule has 1 N–H and O–H groups in total. The maximum Gasteiger partial charge on any atom is 0.0309 e. The molecule has 2 rings (SSSR count). The van der Waals surface area contributed by atoms with Crippen molar-refractivity contribution in [1.82, 2.24) is 10.2 Å². The third-order valence-electron chi connectivity index (χ3n) is 5.54. The van der Waals surface area contributed by atoms with E-state index in [0.29, 0.717) is 5.54 Å². The van der Waals surface area contributed by atoms with Crippen molar-refractivity contribution in [3.05, 3.63) is 0 Å². The minimum Gasteiger partial charge on any atom is -0.308 e. The van der Waals surface area contributed by atoms with E-state index in [0.717, 1.165) is 17.9 Å². The van der Waals surface area contributed by atoms with Crippen molar-refractivity contribution in [3.63, 3.8) is 0 Å². The Hall–Kier alpha value is -0.0800. The van der Waals surface area contributed by atoms with Crippen LogP contribution in [0.2, 0.25) is 0 Å². The Kier molecular flexibility index (Phi) is 5.30. The maximum atomic E-state index is 3.89. The molecule has 0 aromatic carbocycles. The fourth-order valence-corrected chi connectivity index (χ4v) is 3.79. The van der Waals surface area contributed by atoms with Crippen LogP contribution < -0.4 is 5.32 Å². The highest BCUT2D eigenvalue weighted by molar-refractivity contribution is 5.04. The Bertz CT molecular complexity index is 270. The Morgan fingerprint density at radius 1 is 1.21 bits per heavy atom. The van der Waals surface area contributed by atoms with Crippen molar-refractivity contribution in [3.8, 4) is 0 Å². The molecule has 1 aliphatic carbocycles. The summed E-state index contributed by atoms with van der Waals surface area (Å²) in [6.45, 7) is 13.3. The summed E-state index contributed by atoms with van der Waals surface area (Å²) in [5.41, 5.74) is 0.399. The molecule has 1 heterocycles. The van der Waals surface area contributed by atoms with Gasteiger partial charge in [-0.25, -0.2) is 0 Å². The zero-order valence-electron chi connectivity index (χ0n) is 13.5. The first-order chi connectivity index (χ1) is 9.12. The lowest BCUT2D eigenvalue weighted by molar-refractivity contribution is 0.0555. The van der Waals surface area contributed by atoms with Gasteiger partial charge in [0.05, 0.1) is 0 Å². The van der Waals surface area contributed by atoms with E-state index in [1.54, 1.807) is 0 Å². The number of piperazine rings is 1. The summed E-state index contributed by atoms with van der Waals surface area (Å²) in [6, 6.07) is 0.775. The van der Waals surface area contributed by atoms with Crippen LogP contribution in [0.1, 0.15) is 66.2 Å². The van der Waals surface area contributed by atoms with Crippen LogP contribution in [0, 0.1) is 11.8 Å². The second kappa shape index (κ2) is 6.58. The molecule has 112 valence electrons. The fourth-order valence-electron chi connectivity index (χ4n) is 3.79. The molecule has 0 radical (unpaired) electrons. The van der Waals surface area contributed by atoms with Gasteiger partial charge in [0.15, 0.2) is 0 Å². The second-order valence-electron chi connectivity index (χ2n) is 7.13. The number of nitrogens with zero attached hydrogens (tertiary/aromatic N) is 1. The van der Waals surface area contributed by atoms with Crippen LogP contribution in [0.3, 0.4) is 0 Å². The molecule has 19 heavy (non-hydrogen) atoms. The molecule has 0 aromatic rings. The van der Waals surface area contributed by atoms with Gasteiger partial charge in [-0.3, -0.25) is 4.90 Å². The molecule has 2 aliphatic rings. The number of rotatable bonds is 7. The SMILES string of the molecule is CCCC1CNC(C)(C2CC2)CN1CC(CC)CC. The minimum atomic E-state index is 0.399. The molecule has 2 fully saturated rings. The van der Waals surface area contributed by atoms with E-state index in [4.69, 9.17) is 0 Å². The van der Waals surface area contributed by atoms with E-state index in [2.05, 4.69) is 37.9 Å². The van der Waals surface area contributed by atoms with Gasteiger partial charge in [-0.1, -0.05) is 40.0 Å². The zero-order valence-corrected chi connectivity index (χ0v) is 13.5. The van der Waals surface area contributed by atoms with Gasteiger partial charge in [0, 0.05) is 31.2 Å². The van der Waals surface area contributed by atoms with Crippen molar-refractivity contribution in [1.29, 1.82) is 0 Å². The topological polar surface area (TPSA) is 15.3 Å². The summed E-state index contributed by atoms with van der Waals surface area (Å²) in [5.74, 6) is 1.83. The predicted octanol–water partition coefficient (Wildman–Crippen LogP) is 3.67. The van der Waals surface area contributed by atoms with Gasteiger partial charge in [-0.2, -0.15) is 0 Å². The lowest BCUT2D eigenvalue weighted by Gasteiger charge is -2.48. The van der Waals surface area contributed by atoms with Crippen LogP contribution in [-0.2, 0) is 0 Å². The van der Waals surface area contributed by atoms with Gasteiger partial charge in [0.2, 0.25) is 0 Å². The first kappa shape index (κ1) is 15.3. The molecule has 0 aromatic heterocycles. The highest BCUT2D eigenvalue weighted by Crippen LogP contribution is 2.41. The fraction of sp³-hybridized carbons (Fsp3) is 1.00. The van der Waals surface area contributed by atoms with Crippen molar-refractivity contribution in [2.45, 2.75) is 77.8 Å². The van der Waals surface area contributed by atoms with Crippen LogP contribution in [-0.4, -0.2) is 36.1 Å². The van der Waals surface area contributed by atoms with Gasteiger partial charge in [0.1, 0.15) is 0 Å². The van der Waals surface area contributed by atoms with Crippen molar-refractivity contribution in [2.75, 3.05) is 19.6 Å². The van der Waals surface area contributed by atoms with E-state index in [1.165, 1.54) is 58.2 Å². The summed E-state index contributed by atoms with van der Waals surface area (Å²) in [7, 11) is 0. The van der Waals surface area contributed by atoms with Gasteiger partial charge in [0.25, 0.3) is 0 Å². The van der Waals surface area contributed by atoms with Gasteiger partial charge >= 0.3 is 0 Å². The van der Waals surface area contributed by atoms with Crippen LogP contribution in [0.4, 0.5) is 0 Å². The molecule has 1 saturated heterocycles. The molecule has 0 amide bonds. The van der Waals surface area contributed by atoms with Crippen LogP contribution >= 0.6 is 0 Å². The Labute approximate surface area is 120 Å². The normalized spacial score (nSPS) is 33.0. The first-order valence-electron chi connectivity index (χ1n) is 8.62. The molecular formula is C17H34N2. The Balaban J connectivity index is 1.99.